The van der Waals surface area contributed by atoms with Gasteiger partial charge >= 0.3 is 0 Å². The number of amides is 1. The van der Waals surface area contributed by atoms with Gasteiger partial charge in [0.15, 0.2) is 0 Å². The lowest BCUT2D eigenvalue weighted by molar-refractivity contribution is 0.0934. The molecule has 1 N–H and O–H groups in total. The van der Waals surface area contributed by atoms with Crippen LogP contribution in [0.4, 0.5) is 0 Å². The lowest BCUT2D eigenvalue weighted by atomic mass is 10.2. The second kappa shape index (κ2) is 4.70. The fourth-order valence-corrected chi connectivity index (χ4v) is 2.62. The van der Waals surface area contributed by atoms with Crippen LogP contribution in [0.1, 0.15) is 9.67 Å². The molecule has 3 nitrogen and oxygen atoms in total. The minimum absolute atomic E-state index is 0.127. The van der Waals surface area contributed by atoms with Crippen LogP contribution in [0.15, 0.2) is 11.4 Å². The van der Waals surface area contributed by atoms with E-state index in [9.17, 15) is 4.79 Å². The molecule has 2 heterocycles. The predicted octanol–water partition coefficient (Wildman–Crippen LogP) is 2.14. The van der Waals surface area contributed by atoms with Crippen molar-refractivity contribution >= 4 is 40.4 Å². The number of halogens is 2. The lowest BCUT2D eigenvalue weighted by Gasteiger charge is -2.13. The number of alkyl halides is 1. The van der Waals surface area contributed by atoms with Crippen LogP contribution in [0.5, 0.6) is 0 Å². The van der Waals surface area contributed by atoms with Gasteiger partial charge in [0.2, 0.25) is 0 Å². The van der Waals surface area contributed by atoms with Crippen molar-refractivity contribution < 1.29 is 9.53 Å². The highest BCUT2D eigenvalue weighted by Crippen LogP contribution is 2.22. The van der Waals surface area contributed by atoms with E-state index in [1.165, 1.54) is 11.3 Å². The summed E-state index contributed by atoms with van der Waals surface area (Å²) < 4.78 is 5.14. The van der Waals surface area contributed by atoms with Gasteiger partial charge in [0, 0.05) is 0 Å². The lowest BCUT2D eigenvalue weighted by Crippen LogP contribution is -2.40. The van der Waals surface area contributed by atoms with Gasteiger partial charge in [-0.15, -0.1) is 22.9 Å². The Morgan fingerprint density at radius 3 is 2.93 bits per heavy atom. The van der Waals surface area contributed by atoms with E-state index < -0.39 is 0 Å². The Kier molecular flexibility index (Phi) is 3.51. The number of hydrogen-bond acceptors (Lipinski definition) is 3. The fraction of sp³-hybridized carbons (Fsp3) is 0.444. The molecule has 15 heavy (non-hydrogen) atoms. The molecule has 1 aliphatic heterocycles. The largest absolute Gasteiger partial charge is 0.378 e. The molecule has 1 aliphatic rings. The highest BCUT2D eigenvalue weighted by atomic mass is 35.5. The Hall–Kier alpha value is -0.290. The van der Waals surface area contributed by atoms with E-state index in [0.29, 0.717) is 23.1 Å². The first-order chi connectivity index (χ1) is 7.18. The van der Waals surface area contributed by atoms with E-state index in [-0.39, 0.29) is 17.3 Å². The van der Waals surface area contributed by atoms with E-state index in [0.717, 1.165) is 0 Å². The summed E-state index contributed by atoms with van der Waals surface area (Å²) in [6.45, 7) is 0.938. The Morgan fingerprint density at radius 2 is 2.40 bits per heavy atom. The Balaban J connectivity index is 2.01. The normalized spacial score (nSPS) is 25.5. The van der Waals surface area contributed by atoms with Crippen molar-refractivity contribution in [2.24, 2.45) is 0 Å². The highest BCUT2D eigenvalue weighted by Gasteiger charge is 2.28. The molecule has 1 saturated heterocycles. The quantitative estimate of drug-likeness (QED) is 0.833. The van der Waals surface area contributed by atoms with Gasteiger partial charge in [-0.3, -0.25) is 4.79 Å². The third-order valence-corrected chi connectivity index (χ3v) is 3.92. The SMILES string of the molecule is O=C(NC1COCC1Cl)c1sccc1Cl. The molecule has 1 amide bonds. The molecule has 2 unspecified atom stereocenters. The summed E-state index contributed by atoms with van der Waals surface area (Å²) in [5.41, 5.74) is 0. The average molecular weight is 266 g/mol. The number of ether oxygens (including phenoxy) is 1. The van der Waals surface area contributed by atoms with Gasteiger partial charge < -0.3 is 10.1 Å². The van der Waals surface area contributed by atoms with Crippen molar-refractivity contribution in [1.29, 1.82) is 0 Å². The van der Waals surface area contributed by atoms with Gasteiger partial charge in [-0.05, 0) is 11.4 Å². The Bertz CT molecular complexity index is 369. The first-order valence-electron chi connectivity index (χ1n) is 4.44. The topological polar surface area (TPSA) is 38.3 Å². The third kappa shape index (κ3) is 2.45. The number of hydrogen-bond donors (Lipinski definition) is 1. The van der Waals surface area contributed by atoms with E-state index >= 15 is 0 Å². The van der Waals surface area contributed by atoms with E-state index in [1.54, 1.807) is 11.4 Å². The molecule has 0 saturated carbocycles. The first kappa shape index (κ1) is 11.2. The van der Waals surface area contributed by atoms with Gasteiger partial charge in [0.05, 0.1) is 29.7 Å². The van der Waals surface area contributed by atoms with Crippen LogP contribution in [0.2, 0.25) is 5.02 Å². The van der Waals surface area contributed by atoms with Crippen molar-refractivity contribution in [3.8, 4) is 0 Å². The van der Waals surface area contributed by atoms with Gasteiger partial charge in [0.1, 0.15) is 4.88 Å². The second-order valence-electron chi connectivity index (χ2n) is 3.23. The average Bonchev–Trinajstić information content (AvgIpc) is 2.76. The Morgan fingerprint density at radius 1 is 1.60 bits per heavy atom. The second-order valence-corrected chi connectivity index (χ2v) is 5.11. The summed E-state index contributed by atoms with van der Waals surface area (Å²) in [4.78, 5) is 12.2. The monoisotopic (exact) mass is 265 g/mol. The van der Waals surface area contributed by atoms with Crippen molar-refractivity contribution in [3.63, 3.8) is 0 Å². The zero-order chi connectivity index (χ0) is 10.8. The molecule has 0 radical (unpaired) electrons. The minimum atomic E-state index is -0.184. The molecule has 2 atom stereocenters. The molecular weight excluding hydrogens is 257 g/mol. The molecule has 0 aliphatic carbocycles. The first-order valence-corrected chi connectivity index (χ1v) is 6.13. The standard InChI is InChI=1S/C9H9Cl2NO2S/c10-5-1-2-15-8(5)9(13)12-7-4-14-3-6(7)11/h1-2,6-7H,3-4H2,(H,12,13). The number of carbonyl (C=O) groups excluding carboxylic acids is 1. The Labute approximate surface area is 101 Å². The van der Waals surface area contributed by atoms with E-state index in [4.69, 9.17) is 27.9 Å². The van der Waals surface area contributed by atoms with Crippen LogP contribution in [0.25, 0.3) is 0 Å². The zero-order valence-electron chi connectivity index (χ0n) is 7.70. The van der Waals surface area contributed by atoms with Crippen LogP contribution < -0.4 is 5.32 Å². The summed E-state index contributed by atoms with van der Waals surface area (Å²) >= 11 is 13.1. The smallest absolute Gasteiger partial charge is 0.263 e. The zero-order valence-corrected chi connectivity index (χ0v) is 10.0. The van der Waals surface area contributed by atoms with Crippen LogP contribution in [-0.2, 0) is 4.74 Å². The highest BCUT2D eigenvalue weighted by molar-refractivity contribution is 7.12. The van der Waals surface area contributed by atoms with Crippen molar-refractivity contribution in [2.45, 2.75) is 11.4 Å². The molecular formula is C9H9Cl2NO2S. The maximum absolute atomic E-state index is 11.7. The molecule has 1 aromatic heterocycles. The van der Waals surface area contributed by atoms with Gasteiger partial charge in [0.25, 0.3) is 5.91 Å². The number of thiophene rings is 1. The molecule has 1 aromatic rings. The summed E-state index contributed by atoms with van der Waals surface area (Å²) in [6, 6.07) is 1.57. The van der Waals surface area contributed by atoms with Crippen LogP contribution in [0, 0.1) is 0 Å². The van der Waals surface area contributed by atoms with E-state index in [1.807, 2.05) is 0 Å². The molecule has 82 valence electrons. The number of carbonyl (C=O) groups is 1. The van der Waals surface area contributed by atoms with Crippen LogP contribution in [0.3, 0.4) is 0 Å². The molecule has 2 rings (SSSR count). The van der Waals surface area contributed by atoms with Gasteiger partial charge in [-0.2, -0.15) is 0 Å². The van der Waals surface area contributed by atoms with Gasteiger partial charge in [-0.1, -0.05) is 11.6 Å². The molecule has 6 heteroatoms. The molecule has 0 bridgehead atoms. The minimum Gasteiger partial charge on any atom is -0.378 e. The predicted molar refractivity (Wildman–Crippen MR) is 61.0 cm³/mol. The fourth-order valence-electron chi connectivity index (χ4n) is 1.35. The summed E-state index contributed by atoms with van der Waals surface area (Å²) in [5.74, 6) is -0.184. The number of nitrogens with one attached hydrogen (secondary N) is 1. The molecule has 1 fully saturated rings. The summed E-state index contributed by atoms with van der Waals surface area (Å²) in [6.07, 6.45) is 0. The maximum Gasteiger partial charge on any atom is 0.263 e. The summed E-state index contributed by atoms with van der Waals surface area (Å²) in [7, 11) is 0. The molecule has 0 spiro atoms. The third-order valence-electron chi connectivity index (χ3n) is 2.15. The van der Waals surface area contributed by atoms with Crippen molar-refractivity contribution in [2.75, 3.05) is 13.2 Å². The van der Waals surface area contributed by atoms with E-state index in [2.05, 4.69) is 5.32 Å². The summed E-state index contributed by atoms with van der Waals surface area (Å²) in [5, 5.41) is 4.90. The van der Waals surface area contributed by atoms with Crippen LogP contribution >= 0.6 is 34.5 Å². The maximum atomic E-state index is 11.7. The van der Waals surface area contributed by atoms with Gasteiger partial charge in [-0.25, -0.2) is 0 Å². The van der Waals surface area contributed by atoms with Crippen molar-refractivity contribution in [1.82, 2.24) is 5.32 Å². The van der Waals surface area contributed by atoms with Crippen LogP contribution in [-0.4, -0.2) is 30.5 Å². The van der Waals surface area contributed by atoms with Crippen molar-refractivity contribution in [3.05, 3.63) is 21.3 Å². The number of rotatable bonds is 2. The molecule has 0 aromatic carbocycles.